The number of carbonyl (C=O) groups is 2. The Morgan fingerprint density at radius 1 is 1.04 bits per heavy atom. The van der Waals surface area contributed by atoms with Crippen LogP contribution in [0.4, 0.5) is 0 Å². The molecule has 3 rings (SSSR count). The van der Waals surface area contributed by atoms with Crippen LogP contribution in [0, 0.1) is 0 Å². The van der Waals surface area contributed by atoms with Crippen molar-refractivity contribution < 1.29 is 19.4 Å². The fourth-order valence-corrected chi connectivity index (χ4v) is 2.45. The van der Waals surface area contributed by atoms with E-state index in [0.29, 0.717) is 0 Å². The van der Waals surface area contributed by atoms with E-state index in [1.54, 1.807) is 12.3 Å². The number of amides is 1. The number of fused-ring (bicyclic) bond motifs is 1. The van der Waals surface area contributed by atoms with Gasteiger partial charge < -0.3 is 15.2 Å². The smallest absolute Gasteiger partial charge is 0.331 e. The molecular weight excluding hydrogens is 332 g/mol. The zero-order chi connectivity index (χ0) is 18.4. The third-order valence-corrected chi connectivity index (χ3v) is 3.86. The maximum absolute atomic E-state index is 12.3. The molecule has 0 saturated heterocycles. The van der Waals surface area contributed by atoms with Crippen LogP contribution in [0.15, 0.2) is 66.9 Å². The van der Waals surface area contributed by atoms with Gasteiger partial charge in [0.15, 0.2) is 6.04 Å². The van der Waals surface area contributed by atoms with Crippen LogP contribution in [0.25, 0.3) is 10.8 Å². The lowest BCUT2D eigenvalue weighted by Crippen LogP contribution is -2.44. The first kappa shape index (κ1) is 17.6. The van der Waals surface area contributed by atoms with E-state index in [1.807, 2.05) is 54.6 Å². The minimum Gasteiger partial charge on any atom is -0.459 e. The molecule has 0 aliphatic heterocycles. The highest BCUT2D eigenvalue weighted by Crippen LogP contribution is 2.13. The molecule has 132 valence electrons. The highest BCUT2D eigenvalue weighted by molar-refractivity contribution is 5.98. The van der Waals surface area contributed by atoms with E-state index in [-0.39, 0.29) is 12.3 Å². The van der Waals surface area contributed by atoms with Crippen molar-refractivity contribution in [3.63, 3.8) is 0 Å². The standard InChI is InChI=1S/C20H18N2O4/c23-12-18(20(25)26-13-14-6-2-1-3-7-14)22-19(24)17-10-15-8-4-5-9-16(15)11-21-17/h1-11,18,23H,12-13H2,(H,22,24)/t18-/m0/s1. The van der Waals surface area contributed by atoms with Gasteiger partial charge in [0.1, 0.15) is 12.3 Å². The van der Waals surface area contributed by atoms with E-state index in [9.17, 15) is 14.7 Å². The minimum atomic E-state index is -1.15. The normalized spacial score (nSPS) is 11.7. The van der Waals surface area contributed by atoms with Gasteiger partial charge in [0.2, 0.25) is 0 Å². The van der Waals surface area contributed by atoms with Crippen molar-refractivity contribution in [2.24, 2.45) is 0 Å². The molecule has 3 aromatic rings. The van der Waals surface area contributed by atoms with Crippen molar-refractivity contribution in [1.29, 1.82) is 0 Å². The van der Waals surface area contributed by atoms with Crippen LogP contribution in [0.1, 0.15) is 16.1 Å². The van der Waals surface area contributed by atoms with Gasteiger partial charge in [0.25, 0.3) is 5.91 Å². The maximum Gasteiger partial charge on any atom is 0.331 e. The van der Waals surface area contributed by atoms with Crippen molar-refractivity contribution in [2.45, 2.75) is 12.6 Å². The summed E-state index contributed by atoms with van der Waals surface area (Å²) in [6, 6.07) is 17.1. The molecule has 0 unspecified atom stereocenters. The van der Waals surface area contributed by atoms with Crippen LogP contribution in [0.3, 0.4) is 0 Å². The van der Waals surface area contributed by atoms with Crippen LogP contribution < -0.4 is 5.32 Å². The number of aliphatic hydroxyl groups is 1. The predicted octanol–water partition coefficient (Wildman–Crippen LogP) is 2.07. The molecule has 6 nitrogen and oxygen atoms in total. The fourth-order valence-electron chi connectivity index (χ4n) is 2.45. The number of carbonyl (C=O) groups excluding carboxylic acids is 2. The van der Waals surface area contributed by atoms with Crippen molar-refractivity contribution in [2.75, 3.05) is 6.61 Å². The number of hydrogen-bond donors (Lipinski definition) is 2. The molecule has 2 aromatic carbocycles. The van der Waals surface area contributed by atoms with Crippen LogP contribution in [0.2, 0.25) is 0 Å². The first-order chi connectivity index (χ1) is 12.7. The number of ether oxygens (including phenoxy) is 1. The summed E-state index contributed by atoms with van der Waals surface area (Å²) < 4.78 is 5.15. The number of aromatic nitrogens is 1. The summed E-state index contributed by atoms with van der Waals surface area (Å²) >= 11 is 0. The summed E-state index contributed by atoms with van der Waals surface area (Å²) in [5.74, 6) is -1.25. The summed E-state index contributed by atoms with van der Waals surface area (Å²) in [5, 5.41) is 13.7. The Balaban J connectivity index is 1.64. The van der Waals surface area contributed by atoms with Crippen LogP contribution >= 0.6 is 0 Å². The Kier molecular flexibility index (Phi) is 5.56. The number of benzene rings is 2. The van der Waals surface area contributed by atoms with Gasteiger partial charge in [-0.3, -0.25) is 9.78 Å². The molecule has 26 heavy (non-hydrogen) atoms. The van der Waals surface area contributed by atoms with E-state index >= 15 is 0 Å². The van der Waals surface area contributed by atoms with E-state index in [1.165, 1.54) is 0 Å². The number of hydrogen-bond acceptors (Lipinski definition) is 5. The quantitative estimate of drug-likeness (QED) is 0.665. The van der Waals surface area contributed by atoms with Gasteiger partial charge in [0.05, 0.1) is 6.61 Å². The number of nitrogens with zero attached hydrogens (tertiary/aromatic N) is 1. The van der Waals surface area contributed by atoms with Crippen LogP contribution in [-0.4, -0.2) is 34.6 Å². The third-order valence-electron chi connectivity index (χ3n) is 3.86. The molecule has 0 bridgehead atoms. The number of aliphatic hydroxyl groups excluding tert-OH is 1. The zero-order valence-corrected chi connectivity index (χ0v) is 14.0. The average molecular weight is 350 g/mol. The molecule has 0 aliphatic carbocycles. The topological polar surface area (TPSA) is 88.5 Å². The molecule has 0 aliphatic rings. The highest BCUT2D eigenvalue weighted by Gasteiger charge is 2.22. The monoisotopic (exact) mass is 350 g/mol. The number of rotatable bonds is 6. The van der Waals surface area contributed by atoms with Gasteiger partial charge in [-0.15, -0.1) is 0 Å². The van der Waals surface area contributed by atoms with Gasteiger partial charge >= 0.3 is 5.97 Å². The average Bonchev–Trinajstić information content (AvgIpc) is 2.70. The lowest BCUT2D eigenvalue weighted by Gasteiger charge is -2.15. The number of esters is 1. The molecule has 0 spiro atoms. The summed E-state index contributed by atoms with van der Waals surface area (Å²) in [6.07, 6.45) is 1.59. The van der Waals surface area contributed by atoms with Crippen molar-refractivity contribution in [3.05, 3.63) is 78.1 Å². The third kappa shape index (κ3) is 4.23. The van der Waals surface area contributed by atoms with E-state index in [2.05, 4.69) is 10.3 Å². The minimum absolute atomic E-state index is 0.0697. The van der Waals surface area contributed by atoms with Gasteiger partial charge in [-0.25, -0.2) is 4.79 Å². The molecule has 0 radical (unpaired) electrons. The Labute approximate surface area is 150 Å². The Hall–Kier alpha value is -3.25. The lowest BCUT2D eigenvalue weighted by molar-refractivity contribution is -0.148. The largest absolute Gasteiger partial charge is 0.459 e. The van der Waals surface area contributed by atoms with E-state index in [0.717, 1.165) is 16.3 Å². The molecule has 1 atom stereocenters. The van der Waals surface area contributed by atoms with Gasteiger partial charge in [-0.2, -0.15) is 0 Å². The summed E-state index contributed by atoms with van der Waals surface area (Å²) in [7, 11) is 0. The van der Waals surface area contributed by atoms with Gasteiger partial charge in [-0.1, -0.05) is 54.6 Å². The highest BCUT2D eigenvalue weighted by atomic mass is 16.5. The first-order valence-electron chi connectivity index (χ1n) is 8.14. The van der Waals surface area contributed by atoms with Crippen molar-refractivity contribution >= 4 is 22.6 Å². The van der Waals surface area contributed by atoms with Gasteiger partial charge in [-0.05, 0) is 17.0 Å². The Bertz CT molecular complexity index is 912. The Morgan fingerprint density at radius 2 is 1.73 bits per heavy atom. The second kappa shape index (κ2) is 8.22. The van der Waals surface area contributed by atoms with E-state index in [4.69, 9.17) is 4.74 Å². The predicted molar refractivity (Wildman–Crippen MR) is 96.3 cm³/mol. The molecule has 0 saturated carbocycles. The summed E-state index contributed by atoms with van der Waals surface area (Å²) in [6.45, 7) is -0.493. The molecule has 1 heterocycles. The summed E-state index contributed by atoms with van der Waals surface area (Å²) in [4.78, 5) is 28.6. The molecule has 0 fully saturated rings. The molecular formula is C20H18N2O4. The summed E-state index contributed by atoms with van der Waals surface area (Å²) in [5.41, 5.74) is 0.984. The number of nitrogens with one attached hydrogen (secondary N) is 1. The fraction of sp³-hybridized carbons (Fsp3) is 0.150. The maximum atomic E-state index is 12.3. The second-order valence-corrected chi connectivity index (χ2v) is 5.72. The Morgan fingerprint density at radius 3 is 2.46 bits per heavy atom. The number of pyridine rings is 1. The molecule has 2 N–H and O–H groups in total. The van der Waals surface area contributed by atoms with Crippen LogP contribution in [-0.2, 0) is 16.1 Å². The molecule has 1 aromatic heterocycles. The van der Waals surface area contributed by atoms with Gasteiger partial charge in [0, 0.05) is 11.6 Å². The van der Waals surface area contributed by atoms with Crippen molar-refractivity contribution in [1.82, 2.24) is 10.3 Å². The molecule has 6 heteroatoms. The SMILES string of the molecule is O=C(N[C@@H](CO)C(=O)OCc1ccccc1)c1cc2ccccc2cn1. The first-order valence-corrected chi connectivity index (χ1v) is 8.14. The molecule has 1 amide bonds. The second-order valence-electron chi connectivity index (χ2n) is 5.72. The van der Waals surface area contributed by atoms with E-state index < -0.39 is 24.5 Å². The van der Waals surface area contributed by atoms with Crippen LogP contribution in [0.5, 0.6) is 0 Å². The van der Waals surface area contributed by atoms with Crippen molar-refractivity contribution in [3.8, 4) is 0 Å². The zero-order valence-electron chi connectivity index (χ0n) is 14.0. The lowest BCUT2D eigenvalue weighted by atomic mass is 10.1.